The molecule has 0 N–H and O–H groups in total. The van der Waals surface area contributed by atoms with Crippen molar-refractivity contribution < 1.29 is 62.2 Å². The molecular formula is C38H32N6U2. The second-order valence-corrected chi connectivity index (χ2v) is 12.1. The Bertz CT molecular complexity index is 2040. The van der Waals surface area contributed by atoms with Crippen LogP contribution < -0.4 is 0 Å². The van der Waals surface area contributed by atoms with Crippen LogP contribution in [0.4, 0.5) is 0 Å². The summed E-state index contributed by atoms with van der Waals surface area (Å²) in [7, 11) is 0. The zero-order chi connectivity index (χ0) is 30.9. The van der Waals surface area contributed by atoms with Gasteiger partial charge in [0.1, 0.15) is 0 Å². The van der Waals surface area contributed by atoms with Crippen molar-refractivity contribution in [3.63, 3.8) is 0 Å². The van der Waals surface area contributed by atoms with Crippen molar-refractivity contribution in [2.75, 3.05) is 0 Å². The molecule has 0 aliphatic heterocycles. The molecule has 0 aliphatic rings. The molecule has 0 bridgehead atoms. The molecule has 0 spiro atoms. The van der Waals surface area contributed by atoms with Gasteiger partial charge < -0.3 is 33.8 Å². The molecular weight excluding hydrogens is 1020 g/mol. The molecule has 222 valence electrons. The Balaban J connectivity index is 0.00000240. The Morgan fingerprint density at radius 2 is 1.00 bits per heavy atom. The largest absolute Gasteiger partial charge is 2.00 e. The molecule has 0 aliphatic carbocycles. The number of aromatic nitrogens is 4. The van der Waals surface area contributed by atoms with E-state index < -0.39 is 11.1 Å². The number of hydrogen-bond acceptors (Lipinski definition) is 6. The van der Waals surface area contributed by atoms with E-state index in [1.165, 1.54) is 0 Å². The molecule has 0 saturated heterocycles. The summed E-state index contributed by atoms with van der Waals surface area (Å²) >= 11 is 0. The van der Waals surface area contributed by atoms with Crippen LogP contribution in [0.15, 0.2) is 108 Å². The fourth-order valence-corrected chi connectivity index (χ4v) is 5.04. The molecule has 0 saturated carbocycles. The van der Waals surface area contributed by atoms with E-state index >= 15 is 0 Å². The third kappa shape index (κ3) is 8.28. The van der Waals surface area contributed by atoms with E-state index in [1.807, 2.05) is 58.0 Å². The van der Waals surface area contributed by atoms with Crippen LogP contribution in [-0.2, 0) is 0 Å². The van der Waals surface area contributed by atoms with Crippen LogP contribution in [0.1, 0.15) is 39.1 Å². The van der Waals surface area contributed by atoms with Crippen LogP contribution >= 0.6 is 0 Å². The van der Waals surface area contributed by atoms with Crippen molar-refractivity contribution in [3.8, 4) is 33.6 Å². The van der Waals surface area contributed by atoms with Crippen LogP contribution in [0.5, 0.6) is 0 Å². The molecule has 46 heavy (non-hydrogen) atoms. The first kappa shape index (κ1) is 35.9. The molecule has 6 aromatic rings. The van der Waals surface area contributed by atoms with Crippen LogP contribution in [0.2, 0.25) is 0 Å². The van der Waals surface area contributed by atoms with Crippen LogP contribution in [-0.4, -0.2) is 43.4 Å². The second kappa shape index (κ2) is 14.8. The van der Waals surface area contributed by atoms with Crippen molar-refractivity contribution in [3.05, 3.63) is 123 Å². The molecule has 0 atom stereocenters. The monoisotopic (exact) mass is 1050 g/mol. The Kier molecular flexibility index (Phi) is 11.6. The summed E-state index contributed by atoms with van der Waals surface area (Å²) in [6.07, 6.45) is 13.0. The minimum atomic E-state index is -0.523. The van der Waals surface area contributed by atoms with Gasteiger partial charge in [0.15, 0.2) is 0 Å². The summed E-state index contributed by atoms with van der Waals surface area (Å²) in [6, 6.07) is 25.2. The first-order valence-corrected chi connectivity index (χ1v) is 14.4. The first-order valence-electron chi connectivity index (χ1n) is 14.4. The van der Waals surface area contributed by atoms with Gasteiger partial charge in [-0.05, 0) is 38.7 Å². The maximum absolute atomic E-state index is 4.96. The van der Waals surface area contributed by atoms with Gasteiger partial charge in [-0.3, -0.25) is 9.97 Å². The Labute approximate surface area is 318 Å². The fourth-order valence-electron chi connectivity index (χ4n) is 5.04. The predicted molar refractivity (Wildman–Crippen MR) is 181 cm³/mol. The fraction of sp³-hybridized carbons (Fsp3) is 0.158. The summed E-state index contributed by atoms with van der Waals surface area (Å²) in [5.74, 6) is 0. The Morgan fingerprint density at radius 1 is 0.543 bits per heavy atom. The minimum absolute atomic E-state index is 0. The van der Waals surface area contributed by atoms with E-state index in [0.29, 0.717) is 11.4 Å². The second-order valence-electron chi connectivity index (χ2n) is 12.1. The Morgan fingerprint density at radius 3 is 1.50 bits per heavy atom. The molecule has 2 heterocycles. The zero-order valence-corrected chi connectivity index (χ0v) is 34.7. The number of hydrogen-bond donors (Lipinski definition) is 0. The number of rotatable bonds is 7. The molecule has 0 amide bonds. The van der Waals surface area contributed by atoms with Crippen LogP contribution in [0, 0.1) is 76.1 Å². The molecule has 2 aromatic heterocycles. The van der Waals surface area contributed by atoms with E-state index in [-0.39, 0.29) is 62.2 Å². The first-order chi connectivity index (χ1) is 21.1. The molecule has 6 nitrogen and oxygen atoms in total. The van der Waals surface area contributed by atoms with Gasteiger partial charge in [-0.1, -0.05) is 129 Å². The molecule has 0 unspecified atom stereocenters. The van der Waals surface area contributed by atoms with Crippen molar-refractivity contribution in [1.82, 2.24) is 19.9 Å². The number of benzene rings is 4. The molecule has 0 radical (unpaired) electrons. The van der Waals surface area contributed by atoms with E-state index in [1.54, 1.807) is 24.8 Å². The summed E-state index contributed by atoms with van der Waals surface area (Å²) in [5.41, 5.74) is 5.65. The number of nitrogens with zero attached hydrogens (tertiary/aromatic N) is 6. The summed E-state index contributed by atoms with van der Waals surface area (Å²) in [5, 5.41) is 4.07. The third-order valence-corrected chi connectivity index (χ3v) is 6.86. The quantitative estimate of drug-likeness (QED) is 0.0916. The van der Waals surface area contributed by atoms with Crippen LogP contribution in [0.3, 0.4) is 0 Å². The van der Waals surface area contributed by atoms with Crippen molar-refractivity contribution in [2.45, 2.75) is 38.8 Å². The average Bonchev–Trinajstić information content (AvgIpc) is 3.01. The summed E-state index contributed by atoms with van der Waals surface area (Å²) < 4.78 is 0. The van der Waals surface area contributed by atoms with Crippen molar-refractivity contribution >= 4 is 34.0 Å². The van der Waals surface area contributed by atoms with Gasteiger partial charge in [-0.2, -0.15) is 0 Å². The van der Waals surface area contributed by atoms with Crippen molar-refractivity contribution in [2.24, 2.45) is 9.98 Å². The van der Waals surface area contributed by atoms with Gasteiger partial charge in [-0.25, -0.2) is 0 Å². The van der Waals surface area contributed by atoms with E-state index in [9.17, 15) is 0 Å². The zero-order valence-electron chi connectivity index (χ0n) is 26.3. The van der Waals surface area contributed by atoms with Gasteiger partial charge in [0.05, 0.1) is 11.4 Å². The topological polar surface area (TPSA) is 76.3 Å². The smallest absolute Gasteiger partial charge is 0.420 e. The van der Waals surface area contributed by atoms with E-state index in [2.05, 4.69) is 88.7 Å². The SMILES string of the molecule is [CH2-]C(C)(C)N=[C-]c1cncc(-c2c3ccccc3c(-c3cncc([C-]=NC([CH2-])(C)C)n3)c3cc(-c4ccccc4)ccc23)n1.[U+2].[U+2]. The van der Waals surface area contributed by atoms with Gasteiger partial charge in [-0.15, -0.1) is 12.4 Å². The molecule has 6 rings (SSSR count). The number of aliphatic imine (C=N–C) groups is 2. The Hall–Kier alpha value is -3.00. The van der Waals surface area contributed by atoms with Crippen molar-refractivity contribution in [1.29, 1.82) is 0 Å². The summed E-state index contributed by atoms with van der Waals surface area (Å²) in [4.78, 5) is 27.8. The summed E-state index contributed by atoms with van der Waals surface area (Å²) in [6.45, 7) is 15.8. The minimum Gasteiger partial charge on any atom is -0.420 e. The van der Waals surface area contributed by atoms with E-state index in [0.717, 1.165) is 55.2 Å². The number of fused-ring (bicyclic) bond motifs is 2. The predicted octanol–water partition coefficient (Wildman–Crippen LogP) is 8.39. The standard InChI is InChI=1S/C38H32N6.2U/c1-37(2,3)41-21-27-19-39-23-33(43-27)35-29-14-10-11-15-30(29)36(34-24-40-20-28(44-34)22-42-38(4,5)6)32-18-26(16-17-31(32)35)25-12-8-7-9-13-25;;/h7-20,23-24H,1,4H2,2-3,5-6H3;;/q-4;2*+2. The maximum Gasteiger partial charge on any atom is 2.00 e. The normalized spacial score (nSPS) is 12.0. The molecule has 0 fully saturated rings. The van der Waals surface area contributed by atoms with E-state index in [4.69, 9.17) is 9.97 Å². The molecule has 8 heteroatoms. The van der Waals surface area contributed by atoms with Gasteiger partial charge in [0.2, 0.25) is 0 Å². The van der Waals surface area contributed by atoms with Crippen LogP contribution in [0.25, 0.3) is 55.2 Å². The van der Waals surface area contributed by atoms with Gasteiger partial charge >= 0.3 is 62.2 Å². The average molecular weight is 1050 g/mol. The molecule has 4 aromatic carbocycles. The van der Waals surface area contributed by atoms with Gasteiger partial charge in [0.25, 0.3) is 0 Å². The third-order valence-electron chi connectivity index (χ3n) is 6.86. The maximum atomic E-state index is 4.96. The van der Waals surface area contributed by atoms with Gasteiger partial charge in [0, 0.05) is 23.5 Å².